The lowest BCUT2D eigenvalue weighted by atomic mass is 10.1. The molecule has 120 valence electrons. The third-order valence-corrected chi connectivity index (χ3v) is 5.21. The van der Waals surface area contributed by atoms with E-state index in [1.165, 1.54) is 23.1 Å². The third-order valence-electron chi connectivity index (χ3n) is 3.48. The van der Waals surface area contributed by atoms with Crippen LogP contribution in [0, 0.1) is 6.92 Å². The van der Waals surface area contributed by atoms with Crippen LogP contribution in [0.2, 0.25) is 0 Å². The van der Waals surface area contributed by atoms with Crippen LogP contribution in [0.5, 0.6) is 0 Å². The van der Waals surface area contributed by atoms with E-state index in [4.69, 9.17) is 4.42 Å². The van der Waals surface area contributed by atoms with Gasteiger partial charge in [0.25, 0.3) is 10.8 Å². The van der Waals surface area contributed by atoms with Gasteiger partial charge in [0.15, 0.2) is 0 Å². The number of aryl methyl sites for hydroxylation is 1. The Kier molecular flexibility index (Phi) is 3.91. The number of rotatable bonds is 4. The Morgan fingerprint density at radius 2 is 2.12 bits per heavy atom. The number of fused-ring (bicyclic) bond motifs is 1. The van der Waals surface area contributed by atoms with Gasteiger partial charge < -0.3 is 9.40 Å². The molecule has 0 amide bonds. The van der Waals surface area contributed by atoms with E-state index in [9.17, 15) is 4.79 Å². The largest absolute Gasteiger partial charge is 0.411 e. The fourth-order valence-electron chi connectivity index (χ4n) is 2.31. The van der Waals surface area contributed by atoms with E-state index in [1.54, 1.807) is 0 Å². The predicted octanol–water partition coefficient (Wildman–Crippen LogP) is 3.64. The number of thioether (sulfide) groups is 1. The molecular formula is C16H12N4O2S2. The molecule has 0 aliphatic carbocycles. The minimum Gasteiger partial charge on any atom is -0.411 e. The fourth-order valence-corrected chi connectivity index (χ4v) is 3.67. The van der Waals surface area contributed by atoms with Crippen molar-refractivity contribution in [2.45, 2.75) is 17.9 Å². The molecule has 1 aromatic carbocycles. The Labute approximate surface area is 145 Å². The summed E-state index contributed by atoms with van der Waals surface area (Å²) in [5.41, 5.74) is 2.59. The maximum absolute atomic E-state index is 12.0. The van der Waals surface area contributed by atoms with Gasteiger partial charge in [-0.2, -0.15) is 0 Å². The van der Waals surface area contributed by atoms with E-state index in [0.717, 1.165) is 11.1 Å². The van der Waals surface area contributed by atoms with Crippen molar-refractivity contribution in [3.8, 4) is 11.5 Å². The molecule has 0 unspecified atom stereocenters. The molecule has 0 atom stereocenters. The van der Waals surface area contributed by atoms with Gasteiger partial charge in [-0.1, -0.05) is 30.0 Å². The average molecular weight is 356 g/mol. The number of hydrogen-bond acceptors (Lipinski definition) is 7. The zero-order valence-electron chi connectivity index (χ0n) is 12.6. The zero-order valence-corrected chi connectivity index (χ0v) is 14.3. The summed E-state index contributed by atoms with van der Waals surface area (Å²) in [4.78, 5) is 19.2. The first-order chi connectivity index (χ1) is 11.7. The van der Waals surface area contributed by atoms with Gasteiger partial charge in [0.2, 0.25) is 5.89 Å². The summed E-state index contributed by atoms with van der Waals surface area (Å²) in [6, 6.07) is 9.68. The molecule has 0 saturated carbocycles. The van der Waals surface area contributed by atoms with Gasteiger partial charge in [0.1, 0.15) is 10.5 Å². The normalized spacial score (nSPS) is 11.2. The molecule has 24 heavy (non-hydrogen) atoms. The molecule has 3 heterocycles. The van der Waals surface area contributed by atoms with Gasteiger partial charge in [-0.05, 0) is 30.0 Å². The summed E-state index contributed by atoms with van der Waals surface area (Å²) in [6.45, 7) is 2.00. The number of nitrogens with zero attached hydrogens (tertiary/aromatic N) is 3. The maximum atomic E-state index is 12.0. The third kappa shape index (κ3) is 2.85. The van der Waals surface area contributed by atoms with Crippen molar-refractivity contribution in [2.75, 3.05) is 0 Å². The average Bonchev–Trinajstić information content (AvgIpc) is 3.22. The van der Waals surface area contributed by atoms with Crippen LogP contribution in [0.25, 0.3) is 21.7 Å². The van der Waals surface area contributed by atoms with Gasteiger partial charge in [0, 0.05) is 5.56 Å². The quantitative estimate of drug-likeness (QED) is 0.562. The second-order valence-electron chi connectivity index (χ2n) is 5.12. The van der Waals surface area contributed by atoms with Gasteiger partial charge in [0.05, 0.1) is 11.3 Å². The summed E-state index contributed by atoms with van der Waals surface area (Å²) in [6.07, 6.45) is 0. The Morgan fingerprint density at radius 1 is 1.25 bits per heavy atom. The summed E-state index contributed by atoms with van der Waals surface area (Å²) < 4.78 is 6.34. The maximum Gasteiger partial charge on any atom is 0.277 e. The molecule has 0 aliphatic rings. The Bertz CT molecular complexity index is 1070. The van der Waals surface area contributed by atoms with E-state index in [-0.39, 0.29) is 5.56 Å². The van der Waals surface area contributed by atoms with Crippen LogP contribution in [0.3, 0.4) is 0 Å². The minimum absolute atomic E-state index is 0.114. The lowest BCUT2D eigenvalue weighted by Crippen LogP contribution is -2.09. The molecule has 0 saturated heterocycles. The molecular weight excluding hydrogens is 344 g/mol. The molecule has 0 aliphatic heterocycles. The molecule has 4 rings (SSSR count). The number of benzene rings is 1. The van der Waals surface area contributed by atoms with E-state index in [0.29, 0.717) is 32.9 Å². The van der Waals surface area contributed by atoms with Crippen molar-refractivity contribution in [3.63, 3.8) is 0 Å². The van der Waals surface area contributed by atoms with Crippen molar-refractivity contribution in [1.82, 2.24) is 20.2 Å². The smallest absolute Gasteiger partial charge is 0.277 e. The molecule has 3 aromatic heterocycles. The van der Waals surface area contributed by atoms with E-state index < -0.39 is 0 Å². The highest BCUT2D eigenvalue weighted by Crippen LogP contribution is 2.27. The Hall–Kier alpha value is -2.45. The second kappa shape index (κ2) is 6.21. The molecule has 4 aromatic rings. The zero-order chi connectivity index (χ0) is 16.5. The first-order valence-corrected chi connectivity index (χ1v) is 9.06. The van der Waals surface area contributed by atoms with Gasteiger partial charge in [-0.15, -0.1) is 21.5 Å². The van der Waals surface area contributed by atoms with Crippen LogP contribution in [-0.4, -0.2) is 20.2 Å². The summed E-state index contributed by atoms with van der Waals surface area (Å²) >= 11 is 2.73. The number of aromatic amines is 1. The summed E-state index contributed by atoms with van der Waals surface area (Å²) in [7, 11) is 0. The number of aromatic nitrogens is 4. The van der Waals surface area contributed by atoms with Gasteiger partial charge >= 0.3 is 0 Å². The van der Waals surface area contributed by atoms with E-state index in [2.05, 4.69) is 20.2 Å². The topological polar surface area (TPSA) is 84.7 Å². The van der Waals surface area contributed by atoms with Gasteiger partial charge in [-0.3, -0.25) is 4.79 Å². The highest BCUT2D eigenvalue weighted by atomic mass is 32.2. The van der Waals surface area contributed by atoms with Crippen LogP contribution in [-0.2, 0) is 5.75 Å². The Morgan fingerprint density at radius 3 is 3.00 bits per heavy atom. The molecule has 1 N–H and O–H groups in total. The number of H-pyrrole nitrogens is 1. The highest BCUT2D eigenvalue weighted by Gasteiger charge is 2.12. The Balaban J connectivity index is 1.54. The lowest BCUT2D eigenvalue weighted by molar-refractivity contribution is 0.465. The lowest BCUT2D eigenvalue weighted by Gasteiger charge is -1.99. The van der Waals surface area contributed by atoms with Crippen LogP contribution in [0.15, 0.2) is 50.1 Å². The van der Waals surface area contributed by atoms with Crippen molar-refractivity contribution >= 4 is 33.3 Å². The van der Waals surface area contributed by atoms with Crippen LogP contribution >= 0.6 is 23.1 Å². The molecule has 0 bridgehead atoms. The second-order valence-corrected chi connectivity index (χ2v) is 6.97. The van der Waals surface area contributed by atoms with E-state index >= 15 is 0 Å². The molecule has 0 fully saturated rings. The van der Waals surface area contributed by atoms with Crippen LogP contribution in [0.1, 0.15) is 11.4 Å². The molecule has 8 heteroatoms. The minimum atomic E-state index is -0.114. The standard InChI is InChI=1S/C16H12N4O2S2/c1-9-4-2-3-5-10(9)15-19-20-16(22-15)24-8-12-17-11-6-7-23-13(11)14(21)18-12/h2-7H,8H2,1H3,(H,17,18,21). The first-order valence-electron chi connectivity index (χ1n) is 7.19. The van der Waals surface area contributed by atoms with Crippen molar-refractivity contribution in [3.05, 3.63) is 57.5 Å². The SMILES string of the molecule is Cc1ccccc1-c1nnc(SCc2nc3ccsc3c(=O)[nH]2)o1. The summed E-state index contributed by atoms with van der Waals surface area (Å²) in [5, 5.41) is 10.4. The fraction of sp³-hybridized carbons (Fsp3) is 0.125. The van der Waals surface area contributed by atoms with Crippen LogP contribution in [0.4, 0.5) is 0 Å². The summed E-state index contributed by atoms with van der Waals surface area (Å²) in [5.74, 6) is 1.54. The van der Waals surface area contributed by atoms with E-state index in [1.807, 2.05) is 42.6 Å². The number of nitrogens with one attached hydrogen (secondary N) is 1. The number of hydrogen-bond donors (Lipinski definition) is 1. The van der Waals surface area contributed by atoms with Crippen molar-refractivity contribution in [2.24, 2.45) is 0 Å². The number of thiophene rings is 1. The molecule has 6 nitrogen and oxygen atoms in total. The van der Waals surface area contributed by atoms with Gasteiger partial charge in [-0.25, -0.2) is 4.98 Å². The van der Waals surface area contributed by atoms with Crippen molar-refractivity contribution in [1.29, 1.82) is 0 Å². The highest BCUT2D eigenvalue weighted by molar-refractivity contribution is 7.98. The van der Waals surface area contributed by atoms with Crippen molar-refractivity contribution < 1.29 is 4.42 Å². The predicted molar refractivity (Wildman–Crippen MR) is 94.3 cm³/mol. The first kappa shape index (κ1) is 15.1. The monoisotopic (exact) mass is 356 g/mol. The molecule has 0 radical (unpaired) electrons. The van der Waals surface area contributed by atoms with Crippen LogP contribution < -0.4 is 5.56 Å². The molecule has 0 spiro atoms.